The molecule has 0 bridgehead atoms. The van der Waals surface area contributed by atoms with Gasteiger partial charge in [0.2, 0.25) is 0 Å². The van der Waals surface area contributed by atoms with Gasteiger partial charge in [0.05, 0.1) is 0 Å². The van der Waals surface area contributed by atoms with Crippen LogP contribution in [-0.2, 0) is 0 Å². The zero-order chi connectivity index (χ0) is 10.6. The third-order valence-electron chi connectivity index (χ3n) is 3.09. The van der Waals surface area contributed by atoms with Gasteiger partial charge in [-0.15, -0.1) is 0 Å². The lowest BCUT2D eigenvalue weighted by Gasteiger charge is -2.36. The first-order valence-corrected chi connectivity index (χ1v) is 5.81. The van der Waals surface area contributed by atoms with Crippen molar-refractivity contribution in [2.24, 2.45) is 11.7 Å². The Morgan fingerprint density at radius 2 is 1.79 bits per heavy atom. The molecule has 1 aliphatic heterocycles. The first-order valence-electron chi connectivity index (χ1n) is 5.81. The smallest absolute Gasteiger partial charge is 0.0220 e. The van der Waals surface area contributed by atoms with Crippen LogP contribution < -0.4 is 11.1 Å². The van der Waals surface area contributed by atoms with Crippen molar-refractivity contribution >= 4 is 0 Å². The molecular formula is C11H25N3. The van der Waals surface area contributed by atoms with Gasteiger partial charge in [-0.2, -0.15) is 0 Å². The summed E-state index contributed by atoms with van der Waals surface area (Å²) in [4.78, 5) is 2.50. The summed E-state index contributed by atoms with van der Waals surface area (Å²) in [6, 6.07) is 0.854. The maximum atomic E-state index is 6.19. The minimum absolute atomic E-state index is 0.327. The Morgan fingerprint density at radius 3 is 2.29 bits per heavy atom. The molecule has 1 aliphatic rings. The summed E-state index contributed by atoms with van der Waals surface area (Å²) in [6.45, 7) is 11.3. The fraction of sp³-hybridized carbons (Fsp3) is 1.00. The molecule has 84 valence electrons. The zero-order valence-electron chi connectivity index (χ0n) is 9.79. The van der Waals surface area contributed by atoms with Gasteiger partial charge < -0.3 is 11.1 Å². The molecule has 14 heavy (non-hydrogen) atoms. The van der Waals surface area contributed by atoms with Crippen LogP contribution in [0.1, 0.15) is 27.2 Å². The number of piperazine rings is 1. The Labute approximate surface area is 88.0 Å². The minimum atomic E-state index is 0.327. The van der Waals surface area contributed by atoms with E-state index in [0.29, 0.717) is 18.0 Å². The Kier molecular flexibility index (Phi) is 4.85. The molecule has 3 heteroatoms. The van der Waals surface area contributed by atoms with E-state index >= 15 is 0 Å². The second kappa shape index (κ2) is 5.69. The number of rotatable bonds is 4. The van der Waals surface area contributed by atoms with E-state index in [1.165, 1.54) is 0 Å². The lowest BCUT2D eigenvalue weighted by molar-refractivity contribution is 0.155. The average molecular weight is 199 g/mol. The van der Waals surface area contributed by atoms with Crippen LogP contribution in [0.4, 0.5) is 0 Å². The summed E-state index contributed by atoms with van der Waals surface area (Å²) >= 11 is 0. The van der Waals surface area contributed by atoms with Gasteiger partial charge in [-0.25, -0.2) is 0 Å². The molecule has 1 heterocycles. The molecule has 0 aromatic rings. The number of nitrogens with two attached hydrogens (primary N) is 1. The van der Waals surface area contributed by atoms with Gasteiger partial charge in [0, 0.05) is 38.3 Å². The second-order valence-corrected chi connectivity index (χ2v) is 4.82. The summed E-state index contributed by atoms with van der Waals surface area (Å²) < 4.78 is 0. The van der Waals surface area contributed by atoms with Crippen molar-refractivity contribution < 1.29 is 0 Å². The lowest BCUT2D eigenvalue weighted by atomic mass is 9.98. The molecule has 1 fully saturated rings. The number of nitrogens with zero attached hydrogens (tertiary/aromatic N) is 1. The first kappa shape index (κ1) is 12.0. The number of nitrogens with one attached hydrogen (secondary N) is 1. The van der Waals surface area contributed by atoms with Crippen molar-refractivity contribution in [3.8, 4) is 0 Å². The molecule has 2 unspecified atom stereocenters. The van der Waals surface area contributed by atoms with Crippen LogP contribution in [0.15, 0.2) is 0 Å². The van der Waals surface area contributed by atoms with Crippen LogP contribution >= 0.6 is 0 Å². The van der Waals surface area contributed by atoms with Gasteiger partial charge >= 0.3 is 0 Å². The van der Waals surface area contributed by atoms with Crippen molar-refractivity contribution in [1.82, 2.24) is 10.2 Å². The fourth-order valence-corrected chi connectivity index (χ4v) is 2.10. The van der Waals surface area contributed by atoms with E-state index in [1.54, 1.807) is 0 Å². The van der Waals surface area contributed by atoms with Crippen LogP contribution in [0.25, 0.3) is 0 Å². The molecule has 0 radical (unpaired) electrons. The Bertz CT molecular complexity index is 153. The SMILES string of the molecule is CC(C)CC(N)C(C)N1CCNCC1. The van der Waals surface area contributed by atoms with E-state index in [0.717, 1.165) is 32.6 Å². The third kappa shape index (κ3) is 3.56. The molecule has 3 nitrogen and oxygen atoms in total. The van der Waals surface area contributed by atoms with Crippen LogP contribution in [0.3, 0.4) is 0 Å². The van der Waals surface area contributed by atoms with Gasteiger partial charge in [-0.3, -0.25) is 4.90 Å². The van der Waals surface area contributed by atoms with Crippen LogP contribution in [-0.4, -0.2) is 43.2 Å². The molecule has 0 amide bonds. The highest BCUT2D eigenvalue weighted by molar-refractivity contribution is 4.82. The lowest BCUT2D eigenvalue weighted by Crippen LogP contribution is -2.53. The standard InChI is InChI=1S/C11H25N3/c1-9(2)8-11(12)10(3)14-6-4-13-5-7-14/h9-11,13H,4-8,12H2,1-3H3. The van der Waals surface area contributed by atoms with Crippen molar-refractivity contribution in [3.05, 3.63) is 0 Å². The molecule has 1 saturated heterocycles. The van der Waals surface area contributed by atoms with E-state index < -0.39 is 0 Å². The van der Waals surface area contributed by atoms with E-state index in [4.69, 9.17) is 5.73 Å². The second-order valence-electron chi connectivity index (χ2n) is 4.82. The van der Waals surface area contributed by atoms with Gasteiger partial charge in [-0.05, 0) is 19.3 Å². The van der Waals surface area contributed by atoms with E-state index in [-0.39, 0.29) is 0 Å². The predicted molar refractivity (Wildman–Crippen MR) is 61.3 cm³/mol. The average Bonchev–Trinajstić information content (AvgIpc) is 2.17. The number of hydrogen-bond acceptors (Lipinski definition) is 3. The summed E-state index contributed by atoms with van der Waals surface area (Å²) in [5, 5.41) is 3.37. The van der Waals surface area contributed by atoms with Gasteiger partial charge in [0.15, 0.2) is 0 Å². The van der Waals surface area contributed by atoms with Crippen molar-refractivity contribution in [3.63, 3.8) is 0 Å². The first-order chi connectivity index (χ1) is 6.61. The topological polar surface area (TPSA) is 41.3 Å². The molecule has 0 saturated carbocycles. The highest BCUT2D eigenvalue weighted by Crippen LogP contribution is 2.11. The van der Waals surface area contributed by atoms with Gasteiger partial charge in [0.1, 0.15) is 0 Å². The van der Waals surface area contributed by atoms with Crippen molar-refractivity contribution in [2.75, 3.05) is 26.2 Å². The molecule has 0 aliphatic carbocycles. The molecule has 2 atom stereocenters. The highest BCUT2D eigenvalue weighted by atomic mass is 15.2. The van der Waals surface area contributed by atoms with Crippen LogP contribution in [0.2, 0.25) is 0 Å². The maximum Gasteiger partial charge on any atom is 0.0220 e. The summed E-state index contributed by atoms with van der Waals surface area (Å²) in [5.41, 5.74) is 6.19. The molecule has 3 N–H and O–H groups in total. The summed E-state index contributed by atoms with van der Waals surface area (Å²) in [7, 11) is 0. The highest BCUT2D eigenvalue weighted by Gasteiger charge is 2.22. The summed E-state index contributed by atoms with van der Waals surface area (Å²) in [5.74, 6) is 0.704. The largest absolute Gasteiger partial charge is 0.326 e. The molecule has 1 rings (SSSR count). The predicted octanol–water partition coefficient (Wildman–Crippen LogP) is 0.654. The van der Waals surface area contributed by atoms with Crippen molar-refractivity contribution in [2.45, 2.75) is 39.3 Å². The normalized spacial score (nSPS) is 23.8. The molecule has 0 aromatic heterocycles. The third-order valence-corrected chi connectivity index (χ3v) is 3.09. The fourth-order valence-electron chi connectivity index (χ4n) is 2.10. The van der Waals surface area contributed by atoms with E-state index in [9.17, 15) is 0 Å². The minimum Gasteiger partial charge on any atom is -0.326 e. The van der Waals surface area contributed by atoms with E-state index in [2.05, 4.69) is 31.0 Å². The molecule has 0 spiro atoms. The van der Waals surface area contributed by atoms with Gasteiger partial charge in [-0.1, -0.05) is 13.8 Å². The Balaban J connectivity index is 2.33. The Morgan fingerprint density at radius 1 is 1.21 bits per heavy atom. The van der Waals surface area contributed by atoms with Crippen LogP contribution in [0, 0.1) is 5.92 Å². The van der Waals surface area contributed by atoms with Crippen molar-refractivity contribution in [1.29, 1.82) is 0 Å². The summed E-state index contributed by atoms with van der Waals surface area (Å²) in [6.07, 6.45) is 1.13. The van der Waals surface area contributed by atoms with E-state index in [1.807, 2.05) is 0 Å². The quantitative estimate of drug-likeness (QED) is 0.698. The number of hydrogen-bond donors (Lipinski definition) is 2. The zero-order valence-corrected chi connectivity index (χ0v) is 9.79. The van der Waals surface area contributed by atoms with Crippen LogP contribution in [0.5, 0.6) is 0 Å². The Hall–Kier alpha value is -0.120. The maximum absolute atomic E-state index is 6.19. The molecular weight excluding hydrogens is 174 g/mol. The van der Waals surface area contributed by atoms with Gasteiger partial charge in [0.25, 0.3) is 0 Å². The molecule has 0 aromatic carbocycles. The monoisotopic (exact) mass is 199 g/mol.